The quantitative estimate of drug-likeness (QED) is 0.812. The van der Waals surface area contributed by atoms with Gasteiger partial charge in [-0.1, -0.05) is 12.8 Å². The van der Waals surface area contributed by atoms with E-state index in [0.717, 1.165) is 12.8 Å². The fraction of sp³-hybridized carbons (Fsp3) is 0.455. The first-order chi connectivity index (χ1) is 8.39. The van der Waals surface area contributed by atoms with E-state index in [1.807, 2.05) is 0 Å². The second-order valence-corrected chi connectivity index (χ2v) is 7.10. The van der Waals surface area contributed by atoms with Crippen molar-refractivity contribution >= 4 is 31.6 Å². The molecule has 0 saturated heterocycles. The third-order valence-electron chi connectivity index (χ3n) is 2.82. The summed E-state index contributed by atoms with van der Waals surface area (Å²) >= 11 is 2.94. The van der Waals surface area contributed by atoms with Crippen molar-refractivity contribution in [3.63, 3.8) is 0 Å². The first kappa shape index (κ1) is 13.6. The van der Waals surface area contributed by atoms with Crippen LogP contribution < -0.4 is 4.72 Å². The third kappa shape index (κ3) is 3.35. The van der Waals surface area contributed by atoms with Crippen LogP contribution in [0.1, 0.15) is 19.3 Å². The van der Waals surface area contributed by atoms with E-state index >= 15 is 0 Å². The van der Waals surface area contributed by atoms with Gasteiger partial charge in [-0.3, -0.25) is 4.72 Å². The van der Waals surface area contributed by atoms with Crippen LogP contribution in [0.4, 0.5) is 10.1 Å². The number of rotatable bonds is 5. The standard InChI is InChI=1S/C11H13BrFNO3S/c12-8-3-4-9(15)11(10(8)13)14-18(16,17)6-5-7-1-2-7/h3-4,7,14-15H,1-2,5-6H2. The summed E-state index contributed by atoms with van der Waals surface area (Å²) in [4.78, 5) is 0. The van der Waals surface area contributed by atoms with E-state index in [-0.39, 0.29) is 10.2 Å². The molecule has 1 aliphatic carbocycles. The van der Waals surface area contributed by atoms with Crippen LogP contribution in [0.15, 0.2) is 16.6 Å². The van der Waals surface area contributed by atoms with E-state index in [4.69, 9.17) is 0 Å². The molecule has 0 radical (unpaired) electrons. The second kappa shape index (κ2) is 5.05. The molecule has 1 saturated carbocycles. The third-order valence-corrected chi connectivity index (χ3v) is 4.72. The number of nitrogens with one attached hydrogen (secondary N) is 1. The average Bonchev–Trinajstić information content (AvgIpc) is 3.11. The molecule has 2 N–H and O–H groups in total. The molecule has 7 heteroatoms. The summed E-state index contributed by atoms with van der Waals surface area (Å²) in [7, 11) is -3.62. The first-order valence-electron chi connectivity index (χ1n) is 5.56. The minimum absolute atomic E-state index is 0.0525. The Kier molecular flexibility index (Phi) is 3.82. The van der Waals surface area contributed by atoms with Crippen molar-refractivity contribution < 1.29 is 17.9 Å². The van der Waals surface area contributed by atoms with Crippen LogP contribution >= 0.6 is 15.9 Å². The van der Waals surface area contributed by atoms with Gasteiger partial charge in [-0.15, -0.1) is 0 Å². The summed E-state index contributed by atoms with van der Waals surface area (Å²) in [5.74, 6) is -0.818. The van der Waals surface area contributed by atoms with Crippen molar-refractivity contribution in [2.24, 2.45) is 5.92 Å². The van der Waals surface area contributed by atoms with E-state index in [1.165, 1.54) is 12.1 Å². The van der Waals surface area contributed by atoms with E-state index in [1.54, 1.807) is 0 Å². The van der Waals surface area contributed by atoms with Crippen molar-refractivity contribution in [3.8, 4) is 5.75 Å². The molecule has 0 atom stereocenters. The highest BCUT2D eigenvalue weighted by Gasteiger charge is 2.25. The van der Waals surface area contributed by atoms with Gasteiger partial charge in [0.2, 0.25) is 10.0 Å². The van der Waals surface area contributed by atoms with Crippen molar-refractivity contribution in [2.75, 3.05) is 10.5 Å². The monoisotopic (exact) mass is 337 g/mol. The van der Waals surface area contributed by atoms with Gasteiger partial charge < -0.3 is 5.11 Å². The van der Waals surface area contributed by atoms with Gasteiger partial charge in [0.05, 0.1) is 10.2 Å². The predicted octanol–water partition coefficient (Wildman–Crippen LogP) is 2.84. The number of hydrogen-bond acceptors (Lipinski definition) is 3. The number of aromatic hydroxyl groups is 1. The summed E-state index contributed by atoms with van der Waals surface area (Å²) in [6.45, 7) is 0. The van der Waals surface area contributed by atoms with E-state index in [0.29, 0.717) is 12.3 Å². The van der Waals surface area contributed by atoms with Crippen molar-refractivity contribution in [2.45, 2.75) is 19.3 Å². The molecule has 0 bridgehead atoms. The van der Waals surface area contributed by atoms with E-state index < -0.39 is 27.3 Å². The lowest BCUT2D eigenvalue weighted by atomic mass is 10.3. The summed E-state index contributed by atoms with van der Waals surface area (Å²) in [6.07, 6.45) is 2.70. The van der Waals surface area contributed by atoms with Gasteiger partial charge in [0.25, 0.3) is 0 Å². The maximum atomic E-state index is 13.7. The van der Waals surface area contributed by atoms with Crippen LogP contribution in [0.2, 0.25) is 0 Å². The molecule has 2 rings (SSSR count). The predicted molar refractivity (Wildman–Crippen MR) is 70.5 cm³/mol. The molecular formula is C11H13BrFNO3S. The van der Waals surface area contributed by atoms with Gasteiger partial charge in [-0.25, -0.2) is 12.8 Å². The molecule has 1 aromatic carbocycles. The Morgan fingerprint density at radius 1 is 1.44 bits per heavy atom. The molecule has 1 aromatic rings. The zero-order valence-corrected chi connectivity index (χ0v) is 11.9. The van der Waals surface area contributed by atoms with Crippen molar-refractivity contribution in [1.82, 2.24) is 0 Å². The van der Waals surface area contributed by atoms with Gasteiger partial charge >= 0.3 is 0 Å². The number of phenolic OH excluding ortho intramolecular Hbond substituents is 1. The van der Waals surface area contributed by atoms with Gasteiger partial charge in [-0.2, -0.15) is 0 Å². The lowest BCUT2D eigenvalue weighted by Crippen LogP contribution is -2.18. The highest BCUT2D eigenvalue weighted by Crippen LogP contribution is 2.34. The van der Waals surface area contributed by atoms with Crippen LogP contribution in [0, 0.1) is 11.7 Å². The molecule has 0 aliphatic heterocycles. The van der Waals surface area contributed by atoms with Crippen LogP contribution in [-0.4, -0.2) is 19.3 Å². The highest BCUT2D eigenvalue weighted by atomic mass is 79.9. The lowest BCUT2D eigenvalue weighted by Gasteiger charge is -2.11. The van der Waals surface area contributed by atoms with Gasteiger partial charge in [0.1, 0.15) is 11.4 Å². The lowest BCUT2D eigenvalue weighted by molar-refractivity contribution is 0.472. The molecule has 0 spiro atoms. The molecule has 0 unspecified atom stereocenters. The van der Waals surface area contributed by atoms with Gasteiger partial charge in [0.15, 0.2) is 5.82 Å². The van der Waals surface area contributed by atoms with Crippen molar-refractivity contribution in [1.29, 1.82) is 0 Å². The molecular weight excluding hydrogens is 325 g/mol. The van der Waals surface area contributed by atoms with Crippen LogP contribution in [0.5, 0.6) is 5.75 Å². The van der Waals surface area contributed by atoms with Crippen LogP contribution in [0.25, 0.3) is 0 Å². The topological polar surface area (TPSA) is 66.4 Å². The van der Waals surface area contributed by atoms with Crippen molar-refractivity contribution in [3.05, 3.63) is 22.4 Å². The molecule has 0 heterocycles. The maximum Gasteiger partial charge on any atom is 0.232 e. The molecule has 0 aromatic heterocycles. The fourth-order valence-electron chi connectivity index (χ4n) is 1.57. The summed E-state index contributed by atoms with van der Waals surface area (Å²) in [5, 5.41) is 9.48. The number of benzene rings is 1. The Balaban J connectivity index is 2.14. The Bertz CT molecular complexity index is 558. The number of hydrogen-bond donors (Lipinski definition) is 2. The van der Waals surface area contributed by atoms with Gasteiger partial charge in [0, 0.05) is 0 Å². The highest BCUT2D eigenvalue weighted by molar-refractivity contribution is 9.10. The smallest absolute Gasteiger partial charge is 0.232 e. The number of phenols is 1. The molecule has 18 heavy (non-hydrogen) atoms. The first-order valence-corrected chi connectivity index (χ1v) is 8.01. The zero-order chi connectivity index (χ0) is 13.3. The fourth-order valence-corrected chi connectivity index (χ4v) is 3.15. The summed E-state index contributed by atoms with van der Waals surface area (Å²) in [6, 6.07) is 2.54. The zero-order valence-electron chi connectivity index (χ0n) is 9.49. The Morgan fingerprint density at radius 3 is 2.72 bits per heavy atom. The molecule has 1 fully saturated rings. The molecule has 0 amide bonds. The number of sulfonamides is 1. The minimum Gasteiger partial charge on any atom is -0.506 e. The molecule has 4 nitrogen and oxygen atoms in total. The van der Waals surface area contributed by atoms with E-state index in [2.05, 4.69) is 20.7 Å². The number of anilines is 1. The van der Waals surface area contributed by atoms with Crippen LogP contribution in [0.3, 0.4) is 0 Å². The normalized spacial score (nSPS) is 15.7. The Hall–Kier alpha value is -0.820. The second-order valence-electron chi connectivity index (χ2n) is 4.41. The number of halogens is 2. The minimum atomic E-state index is -3.62. The Labute approximate surface area is 113 Å². The summed E-state index contributed by atoms with van der Waals surface area (Å²) in [5.41, 5.74) is -0.403. The van der Waals surface area contributed by atoms with Gasteiger partial charge in [-0.05, 0) is 40.4 Å². The average molecular weight is 338 g/mol. The largest absolute Gasteiger partial charge is 0.506 e. The SMILES string of the molecule is O=S(=O)(CCC1CC1)Nc1c(O)ccc(Br)c1F. The van der Waals surface area contributed by atoms with Crippen LogP contribution in [-0.2, 0) is 10.0 Å². The maximum absolute atomic E-state index is 13.7. The summed E-state index contributed by atoms with van der Waals surface area (Å²) < 4.78 is 39.4. The molecule has 100 valence electrons. The molecule has 1 aliphatic rings. The Morgan fingerprint density at radius 2 is 2.11 bits per heavy atom. The van der Waals surface area contributed by atoms with E-state index in [9.17, 15) is 17.9 Å².